The van der Waals surface area contributed by atoms with Crippen molar-refractivity contribution in [2.24, 2.45) is 0 Å². The van der Waals surface area contributed by atoms with E-state index in [0.717, 1.165) is 37.4 Å². The molecule has 2 heterocycles. The molecular weight excluding hydrogens is 374 g/mol. The van der Waals surface area contributed by atoms with E-state index in [1.165, 1.54) is 9.78 Å². The molecule has 3 rings (SSSR count). The third-order valence-electron chi connectivity index (χ3n) is 4.85. The summed E-state index contributed by atoms with van der Waals surface area (Å²) < 4.78 is 5.49. The fourth-order valence-electron chi connectivity index (χ4n) is 3.38. The number of carbonyl (C=O) groups is 2. The number of para-hydroxylation sites is 1. The number of nitrogens with zero attached hydrogens (tertiary/aromatic N) is 2. The summed E-state index contributed by atoms with van der Waals surface area (Å²) in [5.74, 6) is 0.710. The molecule has 0 aliphatic carbocycles. The highest BCUT2D eigenvalue weighted by Crippen LogP contribution is 2.22. The molecule has 1 N–H and O–H groups in total. The number of urea groups is 1. The number of benzene rings is 1. The third kappa shape index (κ3) is 4.72. The lowest BCUT2D eigenvalue weighted by Gasteiger charge is -2.24. The largest absolute Gasteiger partial charge is 0.496 e. The first-order valence-corrected chi connectivity index (χ1v) is 10.3. The Hall–Kier alpha value is -2.38. The van der Waals surface area contributed by atoms with Gasteiger partial charge in [-0.25, -0.2) is 4.79 Å². The number of ether oxygens (including phenoxy) is 1. The van der Waals surface area contributed by atoms with Crippen LogP contribution in [0.2, 0.25) is 0 Å². The van der Waals surface area contributed by atoms with Crippen molar-refractivity contribution in [1.29, 1.82) is 0 Å². The molecule has 1 aromatic heterocycles. The molecule has 0 saturated carbocycles. The molecule has 0 spiro atoms. The Balaban J connectivity index is 1.64. The van der Waals surface area contributed by atoms with E-state index < -0.39 is 5.54 Å². The minimum absolute atomic E-state index is 0.160. The number of nitrogens with one attached hydrogen (secondary N) is 1. The Morgan fingerprint density at radius 3 is 2.57 bits per heavy atom. The summed E-state index contributed by atoms with van der Waals surface area (Å²) in [5, 5.41) is 4.81. The normalized spacial score (nSPS) is 15.9. The van der Waals surface area contributed by atoms with E-state index in [0.29, 0.717) is 6.54 Å². The number of methoxy groups -OCH3 is 1. The molecule has 1 fully saturated rings. The van der Waals surface area contributed by atoms with Crippen molar-refractivity contribution < 1.29 is 14.3 Å². The van der Waals surface area contributed by atoms with Crippen LogP contribution in [-0.4, -0.2) is 47.5 Å². The molecular formula is C21H27N3O3S. The van der Waals surface area contributed by atoms with Gasteiger partial charge in [0.05, 0.1) is 7.11 Å². The highest BCUT2D eigenvalue weighted by Gasteiger charge is 2.43. The first kappa shape index (κ1) is 20.4. The lowest BCUT2D eigenvalue weighted by atomic mass is 10.1. The lowest BCUT2D eigenvalue weighted by molar-refractivity contribution is -0.130. The molecule has 0 bridgehead atoms. The van der Waals surface area contributed by atoms with Gasteiger partial charge in [-0.1, -0.05) is 24.3 Å². The van der Waals surface area contributed by atoms with Crippen LogP contribution in [0.5, 0.6) is 5.75 Å². The van der Waals surface area contributed by atoms with E-state index in [2.05, 4.69) is 33.8 Å². The zero-order valence-corrected chi connectivity index (χ0v) is 17.4. The molecule has 1 aromatic carbocycles. The minimum atomic E-state index is -0.814. The molecule has 6 nitrogen and oxygen atoms in total. The van der Waals surface area contributed by atoms with Crippen LogP contribution in [-0.2, 0) is 17.9 Å². The Labute approximate surface area is 170 Å². The van der Waals surface area contributed by atoms with Crippen molar-refractivity contribution in [3.05, 3.63) is 52.2 Å². The fraction of sp³-hybridized carbons (Fsp3) is 0.429. The van der Waals surface area contributed by atoms with Gasteiger partial charge >= 0.3 is 6.03 Å². The van der Waals surface area contributed by atoms with E-state index in [9.17, 15) is 9.59 Å². The molecule has 7 heteroatoms. The van der Waals surface area contributed by atoms with Gasteiger partial charge in [-0.3, -0.25) is 14.6 Å². The molecule has 0 unspecified atom stereocenters. The van der Waals surface area contributed by atoms with E-state index in [4.69, 9.17) is 4.74 Å². The van der Waals surface area contributed by atoms with Gasteiger partial charge in [0.15, 0.2) is 0 Å². The van der Waals surface area contributed by atoms with Gasteiger partial charge in [0.1, 0.15) is 11.3 Å². The average Bonchev–Trinajstić information content (AvgIpc) is 3.23. The van der Waals surface area contributed by atoms with Crippen molar-refractivity contribution >= 4 is 23.3 Å². The molecule has 28 heavy (non-hydrogen) atoms. The lowest BCUT2D eigenvalue weighted by Crippen LogP contribution is -2.40. The summed E-state index contributed by atoms with van der Waals surface area (Å²) in [6, 6.07) is 11.9. The number of amides is 3. The standard InChI is InChI=1S/C21H27N3O3S/c1-21(2)19(25)24(20(26)22-21)12-7-11-23(15-17-9-6-13-28-17)14-16-8-4-5-10-18(16)27-3/h4-6,8-10,13H,7,11-12,14-15H2,1-3H3,(H,22,26). The first-order valence-electron chi connectivity index (χ1n) is 9.41. The molecule has 1 aliphatic rings. The van der Waals surface area contributed by atoms with Crippen LogP contribution in [0.4, 0.5) is 4.79 Å². The summed E-state index contributed by atoms with van der Waals surface area (Å²) in [5.41, 5.74) is 0.309. The van der Waals surface area contributed by atoms with E-state index in [1.807, 2.05) is 18.2 Å². The number of hydrogen-bond acceptors (Lipinski definition) is 5. The van der Waals surface area contributed by atoms with Gasteiger partial charge < -0.3 is 10.1 Å². The van der Waals surface area contributed by atoms with Crippen LogP contribution in [0.1, 0.15) is 30.7 Å². The van der Waals surface area contributed by atoms with Gasteiger partial charge in [-0.2, -0.15) is 0 Å². The predicted molar refractivity (Wildman–Crippen MR) is 110 cm³/mol. The summed E-state index contributed by atoms with van der Waals surface area (Å²) in [6.07, 6.45) is 0.718. The molecule has 0 radical (unpaired) electrons. The number of rotatable bonds is 9. The van der Waals surface area contributed by atoms with Crippen LogP contribution in [0.3, 0.4) is 0 Å². The highest BCUT2D eigenvalue weighted by atomic mass is 32.1. The van der Waals surface area contributed by atoms with Gasteiger partial charge in [0, 0.05) is 36.6 Å². The molecule has 1 saturated heterocycles. The molecule has 3 amide bonds. The van der Waals surface area contributed by atoms with Crippen molar-refractivity contribution in [2.45, 2.75) is 38.9 Å². The number of carbonyl (C=O) groups excluding carboxylic acids is 2. The first-order chi connectivity index (χ1) is 13.4. The smallest absolute Gasteiger partial charge is 0.325 e. The number of imide groups is 1. The van der Waals surface area contributed by atoms with Gasteiger partial charge in [0.25, 0.3) is 5.91 Å². The summed E-state index contributed by atoms with van der Waals surface area (Å²) in [6.45, 7) is 6.22. The third-order valence-corrected chi connectivity index (χ3v) is 5.71. The van der Waals surface area contributed by atoms with Crippen molar-refractivity contribution in [3.8, 4) is 5.75 Å². The Bertz CT molecular complexity index is 820. The minimum Gasteiger partial charge on any atom is -0.496 e. The van der Waals surface area contributed by atoms with Gasteiger partial charge in [-0.05, 0) is 37.8 Å². The van der Waals surface area contributed by atoms with Gasteiger partial charge in [0.2, 0.25) is 0 Å². The second-order valence-electron chi connectivity index (χ2n) is 7.47. The van der Waals surface area contributed by atoms with Crippen LogP contribution in [0.25, 0.3) is 0 Å². The molecule has 150 valence electrons. The van der Waals surface area contributed by atoms with Crippen LogP contribution >= 0.6 is 11.3 Å². The van der Waals surface area contributed by atoms with Crippen LogP contribution in [0, 0.1) is 0 Å². The maximum Gasteiger partial charge on any atom is 0.325 e. The van der Waals surface area contributed by atoms with E-state index >= 15 is 0 Å². The monoisotopic (exact) mass is 401 g/mol. The topological polar surface area (TPSA) is 61.9 Å². The Morgan fingerprint density at radius 2 is 1.93 bits per heavy atom. The summed E-state index contributed by atoms with van der Waals surface area (Å²) >= 11 is 1.73. The Morgan fingerprint density at radius 1 is 1.14 bits per heavy atom. The molecule has 2 aromatic rings. The van der Waals surface area contributed by atoms with E-state index in [-0.39, 0.29) is 11.9 Å². The maximum absolute atomic E-state index is 12.4. The molecule has 0 atom stereocenters. The van der Waals surface area contributed by atoms with Crippen molar-refractivity contribution in [1.82, 2.24) is 15.1 Å². The highest BCUT2D eigenvalue weighted by molar-refractivity contribution is 7.09. The summed E-state index contributed by atoms with van der Waals surface area (Å²) in [4.78, 5) is 29.4. The van der Waals surface area contributed by atoms with Crippen LogP contribution in [0.15, 0.2) is 41.8 Å². The fourth-order valence-corrected chi connectivity index (χ4v) is 4.13. The predicted octanol–water partition coefficient (Wildman–Crippen LogP) is 3.48. The number of hydrogen-bond donors (Lipinski definition) is 1. The second kappa shape index (κ2) is 8.75. The van der Waals surface area contributed by atoms with Gasteiger partial charge in [-0.15, -0.1) is 11.3 Å². The van der Waals surface area contributed by atoms with Crippen molar-refractivity contribution in [3.63, 3.8) is 0 Å². The second-order valence-corrected chi connectivity index (χ2v) is 8.50. The number of thiophene rings is 1. The maximum atomic E-state index is 12.4. The van der Waals surface area contributed by atoms with Crippen molar-refractivity contribution in [2.75, 3.05) is 20.2 Å². The Kier molecular flexibility index (Phi) is 6.36. The zero-order chi connectivity index (χ0) is 20.1. The quantitative estimate of drug-likeness (QED) is 0.654. The SMILES string of the molecule is COc1ccccc1CN(CCCN1C(=O)NC(C)(C)C1=O)Cc1cccs1. The van der Waals surface area contributed by atoms with E-state index in [1.54, 1.807) is 32.3 Å². The van der Waals surface area contributed by atoms with Crippen LogP contribution < -0.4 is 10.1 Å². The zero-order valence-electron chi connectivity index (χ0n) is 16.6. The summed E-state index contributed by atoms with van der Waals surface area (Å²) in [7, 11) is 1.68. The molecule has 1 aliphatic heterocycles. The average molecular weight is 402 g/mol.